The van der Waals surface area contributed by atoms with Gasteiger partial charge in [-0.3, -0.25) is 9.36 Å². The van der Waals surface area contributed by atoms with Gasteiger partial charge in [-0.15, -0.1) is 16.8 Å². The van der Waals surface area contributed by atoms with Gasteiger partial charge in [0.15, 0.2) is 17.1 Å². The zero-order valence-corrected chi connectivity index (χ0v) is 20.4. The van der Waals surface area contributed by atoms with E-state index in [1.807, 2.05) is 43.5 Å². The molecule has 0 aliphatic carbocycles. The van der Waals surface area contributed by atoms with Gasteiger partial charge in [0.25, 0.3) is 0 Å². The molecule has 0 saturated heterocycles. The van der Waals surface area contributed by atoms with E-state index < -0.39 is 0 Å². The molecule has 0 radical (unpaired) electrons. The number of benzene rings is 2. The maximum Gasteiger partial charge on any atom is 0.234 e. The zero-order chi connectivity index (χ0) is 23.3. The number of aryl methyl sites for hydroxylation is 1. The molecule has 1 N–H and O–H groups in total. The van der Waals surface area contributed by atoms with Crippen LogP contribution in [-0.2, 0) is 11.3 Å². The van der Waals surface area contributed by atoms with Crippen LogP contribution in [0, 0.1) is 13.8 Å². The Kier molecular flexibility index (Phi) is 8.23. The molecule has 1 heterocycles. The van der Waals surface area contributed by atoms with E-state index in [-0.39, 0.29) is 17.8 Å². The van der Waals surface area contributed by atoms with E-state index in [4.69, 9.17) is 27.9 Å². The third-order valence-electron chi connectivity index (χ3n) is 4.76. The number of thioether (sulfide) groups is 1. The van der Waals surface area contributed by atoms with E-state index in [2.05, 4.69) is 22.1 Å². The molecule has 3 rings (SSSR count). The summed E-state index contributed by atoms with van der Waals surface area (Å²) in [5, 5.41) is 12.9. The highest BCUT2D eigenvalue weighted by molar-refractivity contribution is 7.99. The average molecular weight is 491 g/mol. The maximum atomic E-state index is 12.4. The second kappa shape index (κ2) is 10.9. The molecule has 0 aliphatic rings. The highest BCUT2D eigenvalue weighted by atomic mass is 35.5. The molecular weight excluding hydrogens is 467 g/mol. The summed E-state index contributed by atoms with van der Waals surface area (Å²) in [6, 6.07) is 10.8. The van der Waals surface area contributed by atoms with Crippen LogP contribution in [0.4, 0.5) is 5.69 Å². The van der Waals surface area contributed by atoms with E-state index in [0.29, 0.717) is 33.3 Å². The maximum absolute atomic E-state index is 12.4. The predicted molar refractivity (Wildman–Crippen MR) is 131 cm³/mol. The lowest BCUT2D eigenvalue weighted by Gasteiger charge is -2.18. The Balaban J connectivity index is 1.70. The number of hydrogen-bond acceptors (Lipinski definition) is 5. The molecule has 0 fully saturated rings. The molecule has 2 aromatic carbocycles. The number of aromatic nitrogens is 3. The van der Waals surface area contributed by atoms with Crippen molar-refractivity contribution in [2.45, 2.75) is 38.6 Å². The summed E-state index contributed by atoms with van der Waals surface area (Å²) >= 11 is 13.3. The topological polar surface area (TPSA) is 69.0 Å². The first kappa shape index (κ1) is 24.2. The average Bonchev–Trinajstić information content (AvgIpc) is 3.12. The van der Waals surface area contributed by atoms with Gasteiger partial charge in [-0.25, -0.2) is 0 Å². The number of nitrogens with zero attached hydrogens (tertiary/aromatic N) is 3. The molecule has 168 valence electrons. The number of ether oxygens (including phenoxy) is 1. The highest BCUT2D eigenvalue weighted by Crippen LogP contribution is 2.28. The normalized spacial score (nSPS) is 11.8. The van der Waals surface area contributed by atoms with Gasteiger partial charge in [0, 0.05) is 22.3 Å². The van der Waals surface area contributed by atoms with Crippen LogP contribution in [0.15, 0.2) is 54.2 Å². The van der Waals surface area contributed by atoms with Crippen molar-refractivity contribution in [1.29, 1.82) is 0 Å². The minimum atomic E-state index is -0.334. The number of allylic oxidation sites excluding steroid dienone is 1. The monoisotopic (exact) mass is 490 g/mol. The summed E-state index contributed by atoms with van der Waals surface area (Å²) in [5.41, 5.74) is 2.78. The van der Waals surface area contributed by atoms with Crippen LogP contribution in [0.3, 0.4) is 0 Å². The number of amides is 1. The Morgan fingerprint density at radius 1 is 1.25 bits per heavy atom. The Bertz CT molecular complexity index is 1110. The lowest BCUT2D eigenvalue weighted by molar-refractivity contribution is -0.113. The first-order valence-electron chi connectivity index (χ1n) is 9.94. The van der Waals surface area contributed by atoms with Crippen LogP contribution in [0.2, 0.25) is 10.0 Å². The Morgan fingerprint density at radius 3 is 2.66 bits per heavy atom. The van der Waals surface area contributed by atoms with Gasteiger partial charge in [0.1, 0.15) is 5.75 Å². The third kappa shape index (κ3) is 6.06. The Labute approximate surface area is 202 Å². The summed E-state index contributed by atoms with van der Waals surface area (Å²) in [7, 11) is 0. The number of hydrogen-bond donors (Lipinski definition) is 1. The van der Waals surface area contributed by atoms with Crippen molar-refractivity contribution in [2.75, 3.05) is 11.1 Å². The zero-order valence-electron chi connectivity index (χ0n) is 18.1. The minimum absolute atomic E-state index is 0.144. The van der Waals surface area contributed by atoms with Crippen LogP contribution >= 0.6 is 35.0 Å². The van der Waals surface area contributed by atoms with Gasteiger partial charge in [0.05, 0.1) is 5.75 Å². The van der Waals surface area contributed by atoms with Gasteiger partial charge in [0.2, 0.25) is 5.91 Å². The molecule has 1 atom stereocenters. The number of carbonyl (C=O) groups is 1. The van der Waals surface area contributed by atoms with E-state index in [0.717, 1.165) is 16.9 Å². The van der Waals surface area contributed by atoms with E-state index >= 15 is 0 Å². The van der Waals surface area contributed by atoms with Gasteiger partial charge in [-0.1, -0.05) is 53.2 Å². The summed E-state index contributed by atoms with van der Waals surface area (Å²) in [6.07, 6.45) is 1.43. The molecule has 0 spiro atoms. The third-order valence-corrected chi connectivity index (χ3v) is 6.16. The van der Waals surface area contributed by atoms with Gasteiger partial charge in [-0.05, 0) is 56.2 Å². The number of nitrogens with one attached hydrogen (secondary N) is 1. The van der Waals surface area contributed by atoms with Crippen molar-refractivity contribution in [3.8, 4) is 5.75 Å². The first-order chi connectivity index (χ1) is 15.3. The second-order valence-electron chi connectivity index (χ2n) is 7.19. The second-order valence-corrected chi connectivity index (χ2v) is 9.01. The fraction of sp³-hybridized carbons (Fsp3) is 0.261. The summed E-state index contributed by atoms with van der Waals surface area (Å²) < 4.78 is 8.07. The molecule has 32 heavy (non-hydrogen) atoms. The molecule has 1 unspecified atom stereocenters. The van der Waals surface area contributed by atoms with E-state index in [1.165, 1.54) is 11.8 Å². The van der Waals surface area contributed by atoms with Crippen molar-refractivity contribution in [2.24, 2.45) is 0 Å². The fourth-order valence-corrected chi connectivity index (χ4v) is 4.34. The molecule has 0 aliphatic heterocycles. The van der Waals surface area contributed by atoms with Crippen LogP contribution in [0.1, 0.15) is 30.0 Å². The molecule has 0 saturated carbocycles. The molecular formula is C23H24Cl2N4O2S. The summed E-state index contributed by atoms with van der Waals surface area (Å²) in [4.78, 5) is 12.4. The molecule has 9 heteroatoms. The van der Waals surface area contributed by atoms with Crippen LogP contribution < -0.4 is 10.1 Å². The lowest BCUT2D eigenvalue weighted by Crippen LogP contribution is -2.15. The fourth-order valence-electron chi connectivity index (χ4n) is 3.06. The largest absolute Gasteiger partial charge is 0.482 e. The van der Waals surface area contributed by atoms with Crippen molar-refractivity contribution in [3.05, 3.63) is 76.0 Å². The smallest absolute Gasteiger partial charge is 0.234 e. The van der Waals surface area contributed by atoms with E-state index in [9.17, 15) is 4.79 Å². The summed E-state index contributed by atoms with van der Waals surface area (Å²) in [5.74, 6) is 1.41. The van der Waals surface area contributed by atoms with Crippen molar-refractivity contribution in [3.63, 3.8) is 0 Å². The van der Waals surface area contributed by atoms with Crippen LogP contribution in [-0.4, -0.2) is 26.4 Å². The summed E-state index contributed by atoms with van der Waals surface area (Å²) in [6.45, 7) is 10.3. The lowest BCUT2D eigenvalue weighted by atomic mass is 10.1. The minimum Gasteiger partial charge on any atom is -0.482 e. The molecule has 6 nitrogen and oxygen atoms in total. The molecule has 0 bridgehead atoms. The standard InChI is InChI=1S/C23H24Cl2N4O2S/c1-5-9-29-22(16(4)31-20-8-6-7-14(2)15(20)3)27-28-23(29)32-13-21(30)26-19-11-17(24)10-18(25)12-19/h5-8,10-12,16H,1,9,13H2,2-4H3,(H,26,30). The number of rotatable bonds is 9. The van der Waals surface area contributed by atoms with Crippen molar-refractivity contribution < 1.29 is 9.53 Å². The molecule has 1 amide bonds. The Hall–Kier alpha value is -2.48. The van der Waals surface area contributed by atoms with Crippen LogP contribution in [0.5, 0.6) is 5.75 Å². The van der Waals surface area contributed by atoms with Gasteiger partial charge >= 0.3 is 0 Å². The van der Waals surface area contributed by atoms with Crippen LogP contribution in [0.25, 0.3) is 0 Å². The molecule has 3 aromatic rings. The van der Waals surface area contributed by atoms with Gasteiger partial charge < -0.3 is 10.1 Å². The van der Waals surface area contributed by atoms with Gasteiger partial charge in [-0.2, -0.15) is 0 Å². The number of halogens is 2. The van der Waals surface area contributed by atoms with Crippen molar-refractivity contribution in [1.82, 2.24) is 14.8 Å². The van der Waals surface area contributed by atoms with E-state index in [1.54, 1.807) is 24.3 Å². The number of carbonyl (C=O) groups excluding carboxylic acids is 1. The highest BCUT2D eigenvalue weighted by Gasteiger charge is 2.20. The predicted octanol–water partition coefficient (Wildman–Crippen LogP) is 6.26. The number of anilines is 1. The molecule has 1 aromatic heterocycles. The Morgan fingerprint density at radius 2 is 1.97 bits per heavy atom. The SMILES string of the molecule is C=CCn1c(SCC(=O)Nc2cc(Cl)cc(Cl)c2)nnc1C(C)Oc1cccc(C)c1C. The quantitative estimate of drug-likeness (QED) is 0.283. The first-order valence-corrected chi connectivity index (χ1v) is 11.7. The van der Waals surface area contributed by atoms with Crippen molar-refractivity contribution >= 4 is 46.6 Å².